The second kappa shape index (κ2) is 6.20. The summed E-state index contributed by atoms with van der Waals surface area (Å²) in [6.45, 7) is 6.57. The minimum atomic E-state index is -1.03. The lowest BCUT2D eigenvalue weighted by Crippen LogP contribution is -2.26. The maximum Gasteiger partial charge on any atom is 0.124 e. The Balaban J connectivity index is 2.42. The molecule has 4 nitrogen and oxygen atoms in total. The number of halogens is 1. The van der Waals surface area contributed by atoms with Crippen LogP contribution in [0.5, 0.6) is 5.75 Å². The van der Waals surface area contributed by atoms with Crippen LogP contribution in [-0.2, 0) is 18.6 Å². The second-order valence-corrected chi connectivity index (χ2v) is 6.11. The first-order valence-corrected chi connectivity index (χ1v) is 7.77. The summed E-state index contributed by atoms with van der Waals surface area (Å²) in [6.07, 6.45) is 0.461. The van der Waals surface area contributed by atoms with E-state index in [1.165, 1.54) is 0 Å². The van der Waals surface area contributed by atoms with E-state index in [1.807, 2.05) is 42.8 Å². The average molecular weight is 353 g/mol. The first kappa shape index (κ1) is 16.0. The summed E-state index contributed by atoms with van der Waals surface area (Å²) in [5.74, 6) is 0.693. The molecule has 0 spiro atoms. The molecule has 1 N–H and O–H groups in total. The van der Waals surface area contributed by atoms with E-state index in [9.17, 15) is 5.11 Å². The van der Waals surface area contributed by atoms with Gasteiger partial charge in [0.2, 0.25) is 0 Å². The van der Waals surface area contributed by atoms with Crippen molar-refractivity contribution in [2.45, 2.75) is 39.3 Å². The molecule has 2 aromatic rings. The fourth-order valence-electron chi connectivity index (χ4n) is 2.55. The van der Waals surface area contributed by atoms with Gasteiger partial charge >= 0.3 is 0 Å². The summed E-state index contributed by atoms with van der Waals surface area (Å²) in [7, 11) is 1.62. The van der Waals surface area contributed by atoms with Gasteiger partial charge in [-0.05, 0) is 42.8 Å². The topological polar surface area (TPSA) is 47.3 Å². The smallest absolute Gasteiger partial charge is 0.124 e. The van der Waals surface area contributed by atoms with Gasteiger partial charge in [0, 0.05) is 18.5 Å². The second-order valence-electron chi connectivity index (χ2n) is 5.31. The third-order valence-corrected chi connectivity index (χ3v) is 4.68. The Morgan fingerprint density at radius 1 is 1.38 bits per heavy atom. The number of aromatic nitrogens is 2. The van der Waals surface area contributed by atoms with E-state index >= 15 is 0 Å². The van der Waals surface area contributed by atoms with Crippen LogP contribution in [0.25, 0.3) is 0 Å². The van der Waals surface area contributed by atoms with E-state index < -0.39 is 5.60 Å². The standard InChI is InChI=1S/C16H21BrN2O2/c1-5-19-13(15(17)11(2)18-19)10-16(3,20)12-8-6-7-9-14(12)21-4/h6-9,20H,5,10H2,1-4H3. The predicted octanol–water partition coefficient (Wildman–Crippen LogP) is 3.43. The molecule has 0 fully saturated rings. The molecule has 0 bridgehead atoms. The lowest BCUT2D eigenvalue weighted by molar-refractivity contribution is 0.0526. The highest BCUT2D eigenvalue weighted by Crippen LogP contribution is 2.34. The van der Waals surface area contributed by atoms with Crippen LogP contribution < -0.4 is 4.74 Å². The largest absolute Gasteiger partial charge is 0.496 e. The maximum atomic E-state index is 11.0. The highest BCUT2D eigenvalue weighted by molar-refractivity contribution is 9.10. The minimum absolute atomic E-state index is 0.461. The molecule has 0 radical (unpaired) electrons. The summed E-state index contributed by atoms with van der Waals surface area (Å²) in [6, 6.07) is 7.56. The molecule has 2 rings (SSSR count). The molecule has 1 aromatic heterocycles. The van der Waals surface area contributed by atoms with Crippen molar-refractivity contribution >= 4 is 15.9 Å². The fraction of sp³-hybridized carbons (Fsp3) is 0.438. The van der Waals surface area contributed by atoms with Gasteiger partial charge in [-0.2, -0.15) is 5.10 Å². The van der Waals surface area contributed by atoms with Crippen molar-refractivity contribution in [3.8, 4) is 5.75 Å². The summed E-state index contributed by atoms with van der Waals surface area (Å²) in [5.41, 5.74) is 1.67. The number of hydrogen-bond donors (Lipinski definition) is 1. The first-order valence-electron chi connectivity index (χ1n) is 6.98. The summed E-state index contributed by atoms with van der Waals surface area (Å²) < 4.78 is 8.25. The molecule has 21 heavy (non-hydrogen) atoms. The molecule has 114 valence electrons. The SMILES string of the molecule is CCn1nc(C)c(Br)c1CC(C)(O)c1ccccc1OC. The van der Waals surface area contributed by atoms with E-state index in [4.69, 9.17) is 4.74 Å². The van der Waals surface area contributed by atoms with Crippen LogP contribution in [0.4, 0.5) is 0 Å². The predicted molar refractivity (Wildman–Crippen MR) is 86.6 cm³/mol. The highest BCUT2D eigenvalue weighted by atomic mass is 79.9. The maximum absolute atomic E-state index is 11.0. The third kappa shape index (κ3) is 3.14. The Morgan fingerprint density at radius 3 is 2.67 bits per heavy atom. The average Bonchev–Trinajstić information content (AvgIpc) is 2.74. The molecule has 0 aliphatic heterocycles. The molecule has 1 aromatic carbocycles. The minimum Gasteiger partial charge on any atom is -0.496 e. The lowest BCUT2D eigenvalue weighted by atomic mass is 9.90. The van der Waals surface area contributed by atoms with Crippen LogP contribution in [0.3, 0.4) is 0 Å². The Kier molecular flexibility index (Phi) is 4.74. The Labute approximate surface area is 133 Å². The number of aryl methyl sites for hydroxylation is 2. The van der Waals surface area contributed by atoms with Crippen LogP contribution in [0.15, 0.2) is 28.7 Å². The van der Waals surface area contributed by atoms with E-state index in [-0.39, 0.29) is 0 Å². The molecule has 1 atom stereocenters. The van der Waals surface area contributed by atoms with Gasteiger partial charge < -0.3 is 9.84 Å². The molecule has 0 aliphatic rings. The fourth-order valence-corrected chi connectivity index (χ4v) is 2.97. The lowest BCUT2D eigenvalue weighted by Gasteiger charge is -2.26. The molecular weight excluding hydrogens is 332 g/mol. The van der Waals surface area contributed by atoms with Gasteiger partial charge in [0.05, 0.1) is 28.6 Å². The van der Waals surface area contributed by atoms with Crippen molar-refractivity contribution in [3.05, 3.63) is 45.7 Å². The van der Waals surface area contributed by atoms with Crippen molar-refractivity contribution < 1.29 is 9.84 Å². The van der Waals surface area contributed by atoms with Crippen LogP contribution in [0, 0.1) is 6.92 Å². The molecule has 0 aliphatic carbocycles. The highest BCUT2D eigenvalue weighted by Gasteiger charge is 2.30. The number of benzene rings is 1. The molecule has 0 saturated heterocycles. The van der Waals surface area contributed by atoms with Gasteiger partial charge in [0.25, 0.3) is 0 Å². The van der Waals surface area contributed by atoms with E-state index in [0.717, 1.165) is 28.0 Å². The normalized spacial score (nSPS) is 14.0. The van der Waals surface area contributed by atoms with Gasteiger partial charge in [0.1, 0.15) is 5.75 Å². The zero-order valence-electron chi connectivity index (χ0n) is 12.9. The van der Waals surface area contributed by atoms with Crippen LogP contribution in [0.2, 0.25) is 0 Å². The van der Waals surface area contributed by atoms with Gasteiger partial charge in [-0.3, -0.25) is 4.68 Å². The van der Waals surface area contributed by atoms with Crippen molar-refractivity contribution in [3.63, 3.8) is 0 Å². The number of rotatable bonds is 5. The molecule has 5 heteroatoms. The van der Waals surface area contributed by atoms with Crippen molar-refractivity contribution in [2.24, 2.45) is 0 Å². The van der Waals surface area contributed by atoms with Gasteiger partial charge in [-0.15, -0.1) is 0 Å². The third-order valence-electron chi connectivity index (χ3n) is 3.65. The van der Waals surface area contributed by atoms with Crippen molar-refractivity contribution in [1.82, 2.24) is 9.78 Å². The van der Waals surface area contributed by atoms with Gasteiger partial charge in [0.15, 0.2) is 0 Å². The van der Waals surface area contributed by atoms with Gasteiger partial charge in [-0.1, -0.05) is 18.2 Å². The number of ether oxygens (including phenoxy) is 1. The van der Waals surface area contributed by atoms with Gasteiger partial charge in [-0.25, -0.2) is 0 Å². The molecule has 1 unspecified atom stereocenters. The number of nitrogens with zero attached hydrogens (tertiary/aromatic N) is 2. The van der Waals surface area contributed by atoms with E-state index in [2.05, 4.69) is 21.0 Å². The number of aliphatic hydroxyl groups is 1. The number of methoxy groups -OCH3 is 1. The molecular formula is C16H21BrN2O2. The quantitative estimate of drug-likeness (QED) is 0.896. The number of hydrogen-bond acceptors (Lipinski definition) is 3. The molecule has 0 saturated carbocycles. The Morgan fingerprint density at radius 2 is 2.05 bits per heavy atom. The summed E-state index contributed by atoms with van der Waals surface area (Å²) in [5, 5.41) is 15.4. The van der Waals surface area contributed by atoms with Crippen LogP contribution >= 0.6 is 15.9 Å². The monoisotopic (exact) mass is 352 g/mol. The zero-order chi connectivity index (χ0) is 15.6. The molecule has 1 heterocycles. The summed E-state index contributed by atoms with van der Waals surface area (Å²) in [4.78, 5) is 0. The summed E-state index contributed by atoms with van der Waals surface area (Å²) >= 11 is 3.58. The van der Waals surface area contributed by atoms with Crippen molar-refractivity contribution in [2.75, 3.05) is 7.11 Å². The Bertz CT molecular complexity index is 635. The first-order chi connectivity index (χ1) is 9.90. The van der Waals surface area contributed by atoms with Crippen LogP contribution in [0.1, 0.15) is 30.8 Å². The van der Waals surface area contributed by atoms with E-state index in [0.29, 0.717) is 12.2 Å². The number of para-hydroxylation sites is 1. The zero-order valence-corrected chi connectivity index (χ0v) is 14.4. The Hall–Kier alpha value is -1.33. The van der Waals surface area contributed by atoms with Crippen LogP contribution in [-0.4, -0.2) is 22.0 Å². The molecule has 0 amide bonds. The van der Waals surface area contributed by atoms with Crippen molar-refractivity contribution in [1.29, 1.82) is 0 Å². The van der Waals surface area contributed by atoms with E-state index in [1.54, 1.807) is 14.0 Å².